The molecule has 1 rings (SSSR count). The van der Waals surface area contributed by atoms with Crippen LogP contribution in [0.15, 0.2) is 0 Å². The number of likely N-dealkylation sites (N-methyl/N-ethyl adjacent to an activating group) is 1. The molecule has 0 aromatic rings. The summed E-state index contributed by atoms with van der Waals surface area (Å²) in [6.07, 6.45) is 1.50. The fourth-order valence-electron chi connectivity index (χ4n) is 1.21. The van der Waals surface area contributed by atoms with Crippen LogP contribution >= 0.6 is 0 Å². The third-order valence-corrected chi connectivity index (χ3v) is 1.92. The number of hydrogen-bond donors (Lipinski definition) is 1. The molecule has 0 bridgehead atoms. The van der Waals surface area contributed by atoms with E-state index in [1.54, 1.807) is 0 Å². The van der Waals surface area contributed by atoms with Crippen molar-refractivity contribution in [2.75, 3.05) is 7.05 Å². The van der Waals surface area contributed by atoms with E-state index in [4.69, 9.17) is 5.11 Å². The number of alkyl halides is 3. The maximum Gasteiger partial charge on any atom is 0.408 e. The highest BCUT2D eigenvalue weighted by Gasteiger charge is 2.51. The summed E-state index contributed by atoms with van der Waals surface area (Å²) in [7, 11) is 1.04. The first-order chi connectivity index (χ1) is 6.34. The van der Waals surface area contributed by atoms with Crippen LogP contribution in [0.2, 0.25) is 0 Å². The van der Waals surface area contributed by atoms with Crippen molar-refractivity contribution in [1.29, 1.82) is 0 Å². The highest BCUT2D eigenvalue weighted by Crippen LogP contribution is 2.32. The predicted molar refractivity (Wildman–Crippen MR) is 43.1 cm³/mol. The fourth-order valence-corrected chi connectivity index (χ4v) is 1.21. The molecule has 1 unspecified atom stereocenters. The number of hydrogen-bond acceptors (Lipinski definition) is 2. The normalized spacial score (nSPS) is 27.1. The van der Waals surface area contributed by atoms with Gasteiger partial charge < -0.3 is 10.0 Å². The van der Waals surface area contributed by atoms with Crippen LogP contribution < -0.4 is 0 Å². The number of aliphatic hydroxyl groups is 1. The van der Waals surface area contributed by atoms with Crippen LogP contribution in [0.3, 0.4) is 0 Å². The number of amides is 1. The third kappa shape index (κ3) is 2.39. The number of nitrogens with zero attached hydrogens (tertiary/aromatic N) is 1. The molecule has 1 aliphatic heterocycles. The quantitative estimate of drug-likeness (QED) is 0.586. The lowest BCUT2D eigenvalue weighted by Gasteiger charge is -2.21. The summed E-state index contributed by atoms with van der Waals surface area (Å²) in [5, 5.41) is 8.81. The van der Waals surface area contributed by atoms with Crippen molar-refractivity contribution in [3.8, 4) is 12.8 Å². The second-order valence-corrected chi connectivity index (χ2v) is 2.76. The van der Waals surface area contributed by atoms with Crippen molar-refractivity contribution in [3.63, 3.8) is 0 Å². The van der Waals surface area contributed by atoms with Gasteiger partial charge in [0.05, 0.1) is 0 Å². The molecule has 0 aliphatic carbocycles. The number of likely N-dealkylation sites (tertiary alicyclic amines) is 1. The van der Waals surface area contributed by atoms with Crippen molar-refractivity contribution < 1.29 is 23.1 Å². The number of carbonyl (C=O) groups excluding carboxylic acids is 1. The lowest BCUT2D eigenvalue weighted by Crippen LogP contribution is -2.40. The Morgan fingerprint density at radius 1 is 1.50 bits per heavy atom. The molecule has 80 valence electrons. The standard InChI is InChI=1S/C6H8F3NO2.C2H2/c1-10-4(6(7,8)9)2-3(11)5(10)12;1-2/h3-4,11H,2H2,1H3;1-2H/t3?,4-;/m0./s1. The summed E-state index contributed by atoms with van der Waals surface area (Å²) in [5.41, 5.74) is 0. The molecule has 1 N–H and O–H groups in total. The maximum atomic E-state index is 12.1. The molecular weight excluding hydrogens is 199 g/mol. The number of terminal acetylenes is 1. The number of aliphatic hydroxyl groups excluding tert-OH is 1. The molecule has 3 nitrogen and oxygen atoms in total. The molecule has 1 heterocycles. The van der Waals surface area contributed by atoms with Gasteiger partial charge in [-0.3, -0.25) is 4.79 Å². The summed E-state index contributed by atoms with van der Waals surface area (Å²) in [6, 6.07) is -1.83. The van der Waals surface area contributed by atoms with E-state index in [9.17, 15) is 18.0 Å². The van der Waals surface area contributed by atoms with Gasteiger partial charge in [0.2, 0.25) is 0 Å². The Bertz CT molecular complexity index is 236. The van der Waals surface area contributed by atoms with Gasteiger partial charge in [0.1, 0.15) is 12.1 Å². The third-order valence-electron chi connectivity index (χ3n) is 1.92. The van der Waals surface area contributed by atoms with Crippen LogP contribution in [0.5, 0.6) is 0 Å². The van der Waals surface area contributed by atoms with Crippen molar-refractivity contribution >= 4 is 5.91 Å². The van der Waals surface area contributed by atoms with Gasteiger partial charge >= 0.3 is 6.18 Å². The zero-order valence-corrected chi connectivity index (χ0v) is 7.45. The summed E-state index contributed by atoms with van der Waals surface area (Å²) in [4.78, 5) is 11.3. The van der Waals surface area contributed by atoms with Gasteiger partial charge in [0.15, 0.2) is 0 Å². The van der Waals surface area contributed by atoms with Crippen LogP contribution in [0, 0.1) is 12.8 Å². The molecule has 0 aromatic carbocycles. The summed E-state index contributed by atoms with van der Waals surface area (Å²) in [6.45, 7) is 0. The van der Waals surface area contributed by atoms with Crippen molar-refractivity contribution in [3.05, 3.63) is 0 Å². The van der Waals surface area contributed by atoms with Gasteiger partial charge in [-0.1, -0.05) is 0 Å². The lowest BCUT2D eigenvalue weighted by molar-refractivity contribution is -0.177. The number of carbonyl (C=O) groups is 1. The molecule has 1 fully saturated rings. The molecule has 1 aliphatic rings. The molecule has 0 radical (unpaired) electrons. The molecule has 6 heteroatoms. The van der Waals surface area contributed by atoms with Gasteiger partial charge in [-0.2, -0.15) is 13.2 Å². The first-order valence-corrected chi connectivity index (χ1v) is 3.69. The Morgan fingerprint density at radius 2 is 1.93 bits per heavy atom. The van der Waals surface area contributed by atoms with Crippen LogP contribution in [0.1, 0.15) is 6.42 Å². The van der Waals surface area contributed by atoms with Gasteiger partial charge in [-0.15, -0.1) is 12.8 Å². The van der Waals surface area contributed by atoms with E-state index in [0.29, 0.717) is 4.90 Å². The molecule has 0 spiro atoms. The highest BCUT2D eigenvalue weighted by atomic mass is 19.4. The van der Waals surface area contributed by atoms with Crippen LogP contribution in [-0.2, 0) is 4.79 Å². The molecule has 2 atom stereocenters. The zero-order chi connectivity index (χ0) is 11.5. The van der Waals surface area contributed by atoms with Gasteiger partial charge in [-0.25, -0.2) is 0 Å². The predicted octanol–water partition coefficient (Wildman–Crippen LogP) is 0.390. The molecule has 1 amide bonds. The molecular formula is C8H10F3NO2. The second kappa shape index (κ2) is 4.33. The summed E-state index contributed by atoms with van der Waals surface area (Å²) >= 11 is 0. The second-order valence-electron chi connectivity index (χ2n) is 2.76. The largest absolute Gasteiger partial charge is 0.408 e. The van der Waals surface area contributed by atoms with E-state index in [2.05, 4.69) is 12.8 Å². The van der Waals surface area contributed by atoms with Crippen LogP contribution in [-0.4, -0.2) is 41.3 Å². The molecule has 14 heavy (non-hydrogen) atoms. The lowest BCUT2D eigenvalue weighted by atomic mass is 10.2. The Balaban J connectivity index is 0.000000791. The SMILES string of the molecule is C#C.CN1C(=O)C(O)C[C@H]1C(F)(F)F. The van der Waals surface area contributed by atoms with Gasteiger partial charge in [0, 0.05) is 13.5 Å². The summed E-state index contributed by atoms with van der Waals surface area (Å²) < 4.78 is 36.2. The number of halogens is 3. The van der Waals surface area contributed by atoms with E-state index < -0.39 is 30.7 Å². The minimum absolute atomic E-state index is 0.532. The first kappa shape index (κ1) is 12.8. The molecule has 1 saturated heterocycles. The van der Waals surface area contributed by atoms with E-state index in [-0.39, 0.29) is 0 Å². The van der Waals surface area contributed by atoms with E-state index >= 15 is 0 Å². The van der Waals surface area contributed by atoms with Crippen molar-refractivity contribution in [1.82, 2.24) is 4.90 Å². The van der Waals surface area contributed by atoms with Crippen molar-refractivity contribution in [2.24, 2.45) is 0 Å². The Kier molecular flexibility index (Phi) is 3.95. The highest BCUT2D eigenvalue weighted by molar-refractivity contribution is 5.83. The molecule has 0 saturated carbocycles. The average Bonchev–Trinajstić information content (AvgIpc) is 2.36. The van der Waals surface area contributed by atoms with Gasteiger partial charge in [-0.05, 0) is 0 Å². The van der Waals surface area contributed by atoms with Crippen LogP contribution in [0.4, 0.5) is 13.2 Å². The smallest absolute Gasteiger partial charge is 0.383 e. The van der Waals surface area contributed by atoms with E-state index in [1.807, 2.05) is 0 Å². The molecule has 0 aromatic heterocycles. The van der Waals surface area contributed by atoms with Gasteiger partial charge in [0.25, 0.3) is 5.91 Å². The zero-order valence-electron chi connectivity index (χ0n) is 7.45. The Labute approximate surface area is 79.5 Å². The fraction of sp³-hybridized carbons (Fsp3) is 0.625. The minimum atomic E-state index is -4.44. The Hall–Kier alpha value is -1.22. The topological polar surface area (TPSA) is 40.5 Å². The van der Waals surface area contributed by atoms with E-state index in [1.165, 1.54) is 0 Å². The minimum Gasteiger partial charge on any atom is -0.383 e. The first-order valence-electron chi connectivity index (χ1n) is 3.69. The number of rotatable bonds is 0. The maximum absolute atomic E-state index is 12.1. The van der Waals surface area contributed by atoms with Crippen molar-refractivity contribution in [2.45, 2.75) is 24.7 Å². The van der Waals surface area contributed by atoms with E-state index in [0.717, 1.165) is 7.05 Å². The van der Waals surface area contributed by atoms with Crippen LogP contribution in [0.25, 0.3) is 0 Å². The summed E-state index contributed by atoms with van der Waals surface area (Å²) in [5.74, 6) is -0.864. The Morgan fingerprint density at radius 3 is 2.07 bits per heavy atom. The average molecular weight is 209 g/mol. The monoisotopic (exact) mass is 209 g/mol.